The number of pyridine rings is 1. The number of amides is 4. The summed E-state index contributed by atoms with van der Waals surface area (Å²) in [5, 5.41) is 6.18. The number of anilines is 1. The lowest BCUT2D eigenvalue weighted by atomic mass is 9.93. The topological polar surface area (TPSA) is 94.6 Å². The van der Waals surface area contributed by atoms with Gasteiger partial charge in [-0.3, -0.25) is 19.5 Å². The molecule has 2 aromatic rings. The fourth-order valence-corrected chi connectivity index (χ4v) is 4.32. The fraction of sp³-hybridized carbons (Fsp3) is 0.391. The SMILES string of the molecule is CCc1ccccc1NC(=O)CN1C(=O)N(Cc2cccnc2)C(=O)C2NCCCC21. The maximum Gasteiger partial charge on any atom is 0.327 e. The molecule has 2 saturated heterocycles. The van der Waals surface area contributed by atoms with E-state index in [4.69, 9.17) is 0 Å². The van der Waals surface area contributed by atoms with Crippen molar-refractivity contribution in [3.63, 3.8) is 0 Å². The van der Waals surface area contributed by atoms with Crippen molar-refractivity contribution in [2.75, 3.05) is 18.4 Å². The van der Waals surface area contributed by atoms with E-state index in [9.17, 15) is 14.4 Å². The average Bonchev–Trinajstić information content (AvgIpc) is 2.80. The monoisotopic (exact) mass is 421 g/mol. The second kappa shape index (κ2) is 9.26. The van der Waals surface area contributed by atoms with Crippen LogP contribution in [0.4, 0.5) is 10.5 Å². The third-order valence-corrected chi connectivity index (χ3v) is 5.88. The average molecular weight is 422 g/mol. The standard InChI is InChI=1S/C23H27N5O3/c1-2-17-8-3-4-9-18(17)26-20(29)15-27-19-10-6-12-25-21(19)22(30)28(23(27)31)14-16-7-5-11-24-13-16/h3-5,7-9,11,13,19,21,25H,2,6,10,12,14-15H2,1H3,(H,26,29). The molecule has 2 aliphatic rings. The summed E-state index contributed by atoms with van der Waals surface area (Å²) in [4.78, 5) is 46.1. The van der Waals surface area contributed by atoms with Gasteiger partial charge >= 0.3 is 6.03 Å². The number of urea groups is 1. The summed E-state index contributed by atoms with van der Waals surface area (Å²) in [5.74, 6) is -0.513. The van der Waals surface area contributed by atoms with E-state index in [0.29, 0.717) is 13.0 Å². The van der Waals surface area contributed by atoms with Crippen molar-refractivity contribution in [1.82, 2.24) is 20.1 Å². The molecule has 0 aliphatic carbocycles. The van der Waals surface area contributed by atoms with Crippen LogP contribution in [0.5, 0.6) is 0 Å². The van der Waals surface area contributed by atoms with Crippen LogP contribution in [0, 0.1) is 0 Å². The third-order valence-electron chi connectivity index (χ3n) is 5.88. The van der Waals surface area contributed by atoms with Gasteiger partial charge in [-0.15, -0.1) is 0 Å². The highest BCUT2D eigenvalue weighted by molar-refractivity contribution is 6.03. The van der Waals surface area contributed by atoms with Crippen molar-refractivity contribution >= 4 is 23.5 Å². The summed E-state index contributed by atoms with van der Waals surface area (Å²) < 4.78 is 0. The van der Waals surface area contributed by atoms with Crippen LogP contribution in [0.3, 0.4) is 0 Å². The van der Waals surface area contributed by atoms with Crippen LogP contribution >= 0.6 is 0 Å². The number of rotatable bonds is 6. The Morgan fingerprint density at radius 2 is 2.06 bits per heavy atom. The van der Waals surface area contributed by atoms with Gasteiger partial charge in [0, 0.05) is 18.1 Å². The third kappa shape index (κ3) is 4.44. The smallest absolute Gasteiger partial charge is 0.324 e. The van der Waals surface area contributed by atoms with Gasteiger partial charge in [-0.1, -0.05) is 31.2 Å². The summed E-state index contributed by atoms with van der Waals surface area (Å²) in [7, 11) is 0. The Hall–Kier alpha value is -3.26. The van der Waals surface area contributed by atoms with Gasteiger partial charge in [0.05, 0.1) is 12.6 Å². The summed E-state index contributed by atoms with van der Waals surface area (Å²) in [6.45, 7) is 2.77. The van der Waals surface area contributed by atoms with Crippen molar-refractivity contribution in [3.05, 3.63) is 59.9 Å². The number of carbonyl (C=O) groups is 3. The van der Waals surface area contributed by atoms with Crippen LogP contribution in [-0.4, -0.2) is 57.8 Å². The van der Waals surface area contributed by atoms with Crippen LogP contribution in [0.15, 0.2) is 48.8 Å². The van der Waals surface area contributed by atoms with Crippen molar-refractivity contribution in [2.24, 2.45) is 0 Å². The number of hydrogen-bond acceptors (Lipinski definition) is 5. The van der Waals surface area contributed by atoms with Gasteiger partial charge in [0.25, 0.3) is 0 Å². The maximum absolute atomic E-state index is 13.3. The Labute approximate surface area is 181 Å². The van der Waals surface area contributed by atoms with Crippen LogP contribution in [0.2, 0.25) is 0 Å². The van der Waals surface area contributed by atoms with Gasteiger partial charge in [-0.05, 0) is 49.1 Å². The van der Waals surface area contributed by atoms with Crippen LogP contribution in [-0.2, 0) is 22.6 Å². The minimum absolute atomic E-state index is 0.101. The molecule has 31 heavy (non-hydrogen) atoms. The van der Waals surface area contributed by atoms with Gasteiger partial charge < -0.3 is 15.5 Å². The van der Waals surface area contributed by atoms with E-state index in [-0.39, 0.29) is 30.9 Å². The van der Waals surface area contributed by atoms with Crippen LogP contribution < -0.4 is 10.6 Å². The summed E-state index contributed by atoms with van der Waals surface area (Å²) in [5.41, 5.74) is 2.55. The largest absolute Gasteiger partial charge is 0.327 e. The number of nitrogens with zero attached hydrogens (tertiary/aromatic N) is 3. The molecule has 2 fully saturated rings. The highest BCUT2D eigenvalue weighted by Gasteiger charge is 2.47. The fourth-order valence-electron chi connectivity index (χ4n) is 4.32. The summed E-state index contributed by atoms with van der Waals surface area (Å²) >= 11 is 0. The Balaban J connectivity index is 1.54. The van der Waals surface area contributed by atoms with Crippen molar-refractivity contribution in [1.29, 1.82) is 0 Å². The van der Waals surface area contributed by atoms with E-state index in [2.05, 4.69) is 15.6 Å². The number of para-hydroxylation sites is 1. The number of fused-ring (bicyclic) bond motifs is 1. The number of hydrogen-bond donors (Lipinski definition) is 2. The number of benzene rings is 1. The molecule has 0 spiro atoms. The molecule has 3 heterocycles. The molecule has 8 nitrogen and oxygen atoms in total. The molecule has 0 radical (unpaired) electrons. The second-order valence-corrected chi connectivity index (χ2v) is 7.90. The Bertz CT molecular complexity index is 965. The first kappa shape index (κ1) is 21.0. The molecular weight excluding hydrogens is 394 g/mol. The lowest BCUT2D eigenvalue weighted by Gasteiger charge is -2.46. The van der Waals surface area contributed by atoms with E-state index >= 15 is 0 Å². The molecule has 8 heteroatoms. The van der Waals surface area contributed by atoms with Crippen LogP contribution in [0.25, 0.3) is 0 Å². The zero-order chi connectivity index (χ0) is 21.8. The molecule has 0 bridgehead atoms. The summed E-state index contributed by atoms with van der Waals surface area (Å²) in [6.07, 6.45) is 5.61. The molecule has 2 aliphatic heterocycles. The minimum atomic E-state index is -0.501. The molecule has 1 aromatic carbocycles. The Morgan fingerprint density at radius 3 is 2.84 bits per heavy atom. The molecular formula is C23H27N5O3. The van der Waals surface area contributed by atoms with Crippen LogP contribution in [0.1, 0.15) is 30.9 Å². The van der Waals surface area contributed by atoms with Crippen molar-refractivity contribution in [2.45, 2.75) is 44.8 Å². The molecule has 1 aromatic heterocycles. The number of imide groups is 1. The van der Waals surface area contributed by atoms with Gasteiger partial charge in [0.15, 0.2) is 0 Å². The van der Waals surface area contributed by atoms with Crippen molar-refractivity contribution < 1.29 is 14.4 Å². The maximum atomic E-state index is 13.3. The quantitative estimate of drug-likeness (QED) is 0.746. The van der Waals surface area contributed by atoms with Gasteiger partial charge in [0.1, 0.15) is 12.6 Å². The Kier molecular flexibility index (Phi) is 6.27. The molecule has 2 atom stereocenters. The van der Waals surface area contributed by atoms with Gasteiger partial charge in [0.2, 0.25) is 11.8 Å². The number of aromatic nitrogens is 1. The zero-order valence-corrected chi connectivity index (χ0v) is 17.6. The highest BCUT2D eigenvalue weighted by Crippen LogP contribution is 2.26. The van der Waals surface area contributed by atoms with E-state index in [1.165, 1.54) is 4.90 Å². The number of carbonyl (C=O) groups excluding carboxylic acids is 3. The number of piperidine rings is 1. The predicted octanol–water partition coefficient (Wildman–Crippen LogP) is 2.17. The normalized spacial score (nSPS) is 21.1. The van der Waals surface area contributed by atoms with Gasteiger partial charge in [-0.2, -0.15) is 0 Å². The molecule has 4 amide bonds. The molecule has 4 rings (SSSR count). The molecule has 2 N–H and O–H groups in total. The molecule has 162 valence electrons. The molecule has 2 unspecified atom stereocenters. The van der Waals surface area contributed by atoms with E-state index in [0.717, 1.165) is 29.7 Å². The first-order valence-electron chi connectivity index (χ1n) is 10.7. The highest BCUT2D eigenvalue weighted by atomic mass is 16.2. The van der Waals surface area contributed by atoms with Gasteiger partial charge in [-0.25, -0.2) is 4.79 Å². The van der Waals surface area contributed by atoms with E-state index < -0.39 is 12.1 Å². The zero-order valence-electron chi connectivity index (χ0n) is 17.6. The second-order valence-electron chi connectivity index (χ2n) is 7.90. The van der Waals surface area contributed by atoms with E-state index in [1.54, 1.807) is 23.4 Å². The minimum Gasteiger partial charge on any atom is -0.324 e. The molecule has 0 saturated carbocycles. The Morgan fingerprint density at radius 1 is 1.23 bits per heavy atom. The van der Waals surface area contributed by atoms with Crippen molar-refractivity contribution in [3.8, 4) is 0 Å². The lowest BCUT2D eigenvalue weighted by Crippen LogP contribution is -2.70. The number of nitrogens with one attached hydrogen (secondary N) is 2. The summed E-state index contributed by atoms with van der Waals surface area (Å²) in [6, 6.07) is 9.97. The van der Waals surface area contributed by atoms with E-state index in [1.807, 2.05) is 37.3 Å². The lowest BCUT2D eigenvalue weighted by molar-refractivity contribution is -0.138. The number of aryl methyl sites for hydroxylation is 1. The first-order valence-corrected chi connectivity index (χ1v) is 10.7. The predicted molar refractivity (Wildman–Crippen MR) is 116 cm³/mol. The first-order chi connectivity index (χ1) is 15.1.